The number of benzene rings is 1. The average Bonchev–Trinajstić information content (AvgIpc) is 2.51. The van der Waals surface area contributed by atoms with Crippen LogP contribution in [-0.2, 0) is 16.1 Å². The predicted octanol–water partition coefficient (Wildman–Crippen LogP) is 2.24. The van der Waals surface area contributed by atoms with Gasteiger partial charge < -0.3 is 14.9 Å². The Morgan fingerprint density at radius 1 is 1.42 bits per heavy atom. The summed E-state index contributed by atoms with van der Waals surface area (Å²) in [5.74, 6) is 0.904. The van der Waals surface area contributed by atoms with Crippen LogP contribution in [0.25, 0.3) is 0 Å². The van der Waals surface area contributed by atoms with Gasteiger partial charge in [-0.15, -0.1) is 10.1 Å². The molecule has 1 amide bonds. The van der Waals surface area contributed by atoms with Crippen molar-refractivity contribution in [1.82, 2.24) is 5.32 Å². The molecule has 1 N–H and O–H groups in total. The van der Waals surface area contributed by atoms with Crippen molar-refractivity contribution >= 4 is 23.6 Å². The van der Waals surface area contributed by atoms with Crippen LogP contribution in [0.15, 0.2) is 24.3 Å². The fourth-order valence-electron chi connectivity index (χ4n) is 1.89. The van der Waals surface area contributed by atoms with Crippen LogP contribution in [0.4, 0.5) is 4.79 Å². The second-order valence-electron chi connectivity index (χ2n) is 4.93. The number of nitrogens with zero attached hydrogens (tertiary/aromatic N) is 1. The highest BCUT2D eigenvalue weighted by molar-refractivity contribution is 7.98. The van der Waals surface area contributed by atoms with Gasteiger partial charge in [-0.1, -0.05) is 12.1 Å². The van der Waals surface area contributed by atoms with Gasteiger partial charge in [-0.2, -0.15) is 11.8 Å². The molecule has 0 saturated heterocycles. The van der Waals surface area contributed by atoms with Gasteiger partial charge in [0.25, 0.3) is 5.09 Å². The quantitative estimate of drug-likeness (QED) is 0.506. The maximum absolute atomic E-state index is 11.9. The van der Waals surface area contributed by atoms with E-state index >= 15 is 0 Å². The van der Waals surface area contributed by atoms with E-state index in [1.807, 2.05) is 6.26 Å². The summed E-state index contributed by atoms with van der Waals surface area (Å²) in [6.07, 6.45) is 2.05. The van der Waals surface area contributed by atoms with E-state index in [-0.39, 0.29) is 12.4 Å². The van der Waals surface area contributed by atoms with Crippen molar-refractivity contribution < 1.29 is 24.3 Å². The smallest absolute Gasteiger partial charge is 0.410 e. The molecule has 0 aliphatic heterocycles. The molecule has 0 saturated carbocycles. The minimum absolute atomic E-state index is 0.0796. The topological polar surface area (TPSA) is 108 Å². The molecule has 1 atom stereocenters. The Morgan fingerprint density at radius 2 is 2.17 bits per heavy atom. The number of thioether (sulfide) groups is 1. The molecular weight excluding hydrogens is 336 g/mol. The molecule has 0 heterocycles. The molecule has 24 heavy (non-hydrogen) atoms. The van der Waals surface area contributed by atoms with Crippen LogP contribution >= 0.6 is 11.8 Å². The third kappa shape index (κ3) is 7.82. The zero-order valence-corrected chi connectivity index (χ0v) is 14.3. The third-order valence-electron chi connectivity index (χ3n) is 3.09. The van der Waals surface area contributed by atoms with Gasteiger partial charge >= 0.3 is 6.09 Å². The largest absolute Gasteiger partial charge is 0.413 e. The molecule has 0 aliphatic carbocycles. The number of hydrogen-bond acceptors (Lipinski definition) is 7. The molecule has 8 nitrogen and oxygen atoms in total. The van der Waals surface area contributed by atoms with E-state index in [0.29, 0.717) is 18.6 Å². The van der Waals surface area contributed by atoms with Gasteiger partial charge in [0.2, 0.25) is 0 Å². The van der Waals surface area contributed by atoms with E-state index in [2.05, 4.69) is 10.2 Å². The molecule has 9 heteroatoms. The summed E-state index contributed by atoms with van der Waals surface area (Å²) in [5, 5.41) is 11.8. The van der Waals surface area contributed by atoms with Gasteiger partial charge in [0.15, 0.2) is 5.78 Å². The van der Waals surface area contributed by atoms with Crippen LogP contribution in [0.3, 0.4) is 0 Å². The highest BCUT2D eigenvalue weighted by Gasteiger charge is 2.17. The van der Waals surface area contributed by atoms with E-state index < -0.39 is 17.2 Å². The Bertz CT molecular complexity index is 581. The fourth-order valence-corrected chi connectivity index (χ4v) is 2.37. The van der Waals surface area contributed by atoms with E-state index in [1.54, 1.807) is 36.0 Å². The van der Waals surface area contributed by atoms with Gasteiger partial charge in [-0.3, -0.25) is 4.79 Å². The summed E-state index contributed by atoms with van der Waals surface area (Å²) in [7, 11) is 0. The van der Waals surface area contributed by atoms with Crippen LogP contribution in [-0.4, -0.2) is 41.6 Å². The SMILES string of the molecule is CSCCC(NC(=O)Oc1cccc(CCO[N+](=O)[O-])c1)C(C)=O. The number of Topliss-reactive ketones (excluding diaryl/α,β-unsaturated/α-hetero) is 1. The maximum Gasteiger partial charge on any atom is 0.413 e. The summed E-state index contributed by atoms with van der Waals surface area (Å²) in [6.45, 7) is 1.34. The van der Waals surface area contributed by atoms with E-state index in [1.165, 1.54) is 6.92 Å². The Balaban J connectivity index is 2.56. The van der Waals surface area contributed by atoms with Crippen molar-refractivity contribution in [2.24, 2.45) is 0 Å². The first-order valence-electron chi connectivity index (χ1n) is 7.26. The number of carbonyl (C=O) groups excluding carboxylic acids is 2. The molecule has 0 fully saturated rings. The number of ketones is 1. The average molecular weight is 356 g/mol. The van der Waals surface area contributed by atoms with Crippen molar-refractivity contribution in [1.29, 1.82) is 0 Å². The van der Waals surface area contributed by atoms with Gasteiger partial charge in [-0.25, -0.2) is 4.79 Å². The maximum atomic E-state index is 11.9. The standard InChI is InChI=1S/C15H20N2O6S/c1-11(18)14(7-9-24-2)16-15(19)23-13-5-3-4-12(10-13)6-8-22-17(20)21/h3-5,10,14H,6-9H2,1-2H3,(H,16,19). The molecule has 1 aromatic carbocycles. The highest BCUT2D eigenvalue weighted by atomic mass is 32.2. The summed E-state index contributed by atoms with van der Waals surface area (Å²) in [5.41, 5.74) is 0.729. The first kappa shape index (κ1) is 19.8. The number of rotatable bonds is 10. The monoisotopic (exact) mass is 356 g/mol. The second kappa shape index (κ2) is 10.5. The minimum atomic E-state index is -0.857. The van der Waals surface area contributed by atoms with E-state index in [4.69, 9.17) is 4.74 Å². The molecule has 0 aromatic heterocycles. The van der Waals surface area contributed by atoms with Crippen molar-refractivity contribution in [2.75, 3.05) is 18.6 Å². The fraction of sp³-hybridized carbons (Fsp3) is 0.467. The van der Waals surface area contributed by atoms with Crippen LogP contribution in [0.1, 0.15) is 18.9 Å². The molecule has 1 aromatic rings. The van der Waals surface area contributed by atoms with Gasteiger partial charge in [-0.05, 0) is 49.5 Å². The molecule has 1 unspecified atom stereocenters. The lowest BCUT2D eigenvalue weighted by Gasteiger charge is -2.15. The zero-order chi connectivity index (χ0) is 17.9. The zero-order valence-electron chi connectivity index (χ0n) is 13.5. The minimum Gasteiger partial charge on any atom is -0.410 e. The van der Waals surface area contributed by atoms with Crippen molar-refractivity contribution in [3.8, 4) is 5.75 Å². The summed E-state index contributed by atoms with van der Waals surface area (Å²) in [6, 6.07) is 6.00. The van der Waals surface area contributed by atoms with Crippen molar-refractivity contribution in [3.05, 3.63) is 39.9 Å². The summed E-state index contributed by atoms with van der Waals surface area (Å²) in [4.78, 5) is 37.8. The van der Waals surface area contributed by atoms with Crippen LogP contribution in [0, 0.1) is 10.1 Å². The molecule has 0 aliphatic rings. The summed E-state index contributed by atoms with van der Waals surface area (Å²) < 4.78 is 5.16. The lowest BCUT2D eigenvalue weighted by atomic mass is 10.1. The van der Waals surface area contributed by atoms with Gasteiger partial charge in [0.1, 0.15) is 12.4 Å². The number of carbonyl (C=O) groups is 2. The van der Waals surface area contributed by atoms with Gasteiger partial charge in [0.05, 0.1) is 6.04 Å². The third-order valence-corrected chi connectivity index (χ3v) is 3.73. The summed E-state index contributed by atoms with van der Waals surface area (Å²) >= 11 is 1.59. The lowest BCUT2D eigenvalue weighted by Crippen LogP contribution is -2.41. The van der Waals surface area contributed by atoms with Crippen molar-refractivity contribution in [2.45, 2.75) is 25.8 Å². The molecule has 0 radical (unpaired) electrons. The van der Waals surface area contributed by atoms with Gasteiger partial charge in [0, 0.05) is 0 Å². The van der Waals surface area contributed by atoms with Crippen LogP contribution in [0.5, 0.6) is 5.75 Å². The van der Waals surface area contributed by atoms with Crippen LogP contribution in [0.2, 0.25) is 0 Å². The predicted molar refractivity (Wildman–Crippen MR) is 89.7 cm³/mol. The Morgan fingerprint density at radius 3 is 2.79 bits per heavy atom. The second-order valence-corrected chi connectivity index (χ2v) is 5.92. The first-order valence-corrected chi connectivity index (χ1v) is 8.65. The highest BCUT2D eigenvalue weighted by Crippen LogP contribution is 2.14. The lowest BCUT2D eigenvalue weighted by molar-refractivity contribution is -0.757. The number of amides is 1. The molecule has 132 valence electrons. The van der Waals surface area contributed by atoms with E-state index in [0.717, 1.165) is 11.3 Å². The molecule has 0 spiro atoms. The Labute approximate surface area is 144 Å². The number of hydrogen-bond donors (Lipinski definition) is 1. The molecule has 0 bridgehead atoms. The Kier molecular flexibility index (Phi) is 8.63. The first-order chi connectivity index (χ1) is 11.4. The molecule has 1 rings (SSSR count). The molecular formula is C15H20N2O6S. The Hall–Kier alpha value is -2.29. The van der Waals surface area contributed by atoms with E-state index in [9.17, 15) is 19.7 Å². The van der Waals surface area contributed by atoms with Crippen LogP contribution < -0.4 is 10.1 Å². The van der Waals surface area contributed by atoms with Crippen molar-refractivity contribution in [3.63, 3.8) is 0 Å². The number of nitrogens with one attached hydrogen (secondary N) is 1. The number of ether oxygens (including phenoxy) is 1. The normalized spacial score (nSPS) is 11.4.